The zero-order chi connectivity index (χ0) is 10.8. The summed E-state index contributed by atoms with van der Waals surface area (Å²) in [5.74, 6) is 0.573. The summed E-state index contributed by atoms with van der Waals surface area (Å²) < 4.78 is 18.2. The number of likely N-dealkylation sites (N-methyl/N-ethyl adjacent to an activating group) is 1. The van der Waals surface area contributed by atoms with Crippen LogP contribution in [0.15, 0.2) is 4.52 Å². The maximum atomic E-state index is 13.3. The molecule has 0 aliphatic carbocycles. The van der Waals surface area contributed by atoms with Crippen molar-refractivity contribution in [2.75, 3.05) is 7.05 Å². The zero-order valence-corrected chi connectivity index (χ0v) is 10.2. The highest BCUT2D eigenvalue weighted by molar-refractivity contribution is 5.85. The summed E-state index contributed by atoms with van der Waals surface area (Å²) in [7, 11) is 1.85. The Bertz CT molecular complexity index is 298. The van der Waals surface area contributed by atoms with Crippen LogP contribution in [0.25, 0.3) is 0 Å². The normalized spacial score (nSPS) is 13.4. The monoisotopic (exact) mass is 237 g/mol. The van der Waals surface area contributed by atoms with Gasteiger partial charge in [0.25, 0.3) is 5.89 Å². The first-order valence-corrected chi connectivity index (χ1v) is 4.62. The Kier molecular flexibility index (Phi) is 5.17. The molecule has 1 atom stereocenters. The van der Waals surface area contributed by atoms with E-state index in [0.29, 0.717) is 12.2 Å². The molecule has 0 aromatic carbocycles. The maximum absolute atomic E-state index is 13.3. The lowest BCUT2D eigenvalue weighted by molar-refractivity contribution is 0.155. The van der Waals surface area contributed by atoms with Gasteiger partial charge < -0.3 is 9.84 Å². The van der Waals surface area contributed by atoms with E-state index in [2.05, 4.69) is 15.5 Å². The predicted molar refractivity (Wildman–Crippen MR) is 57.9 cm³/mol. The van der Waals surface area contributed by atoms with Gasteiger partial charge in [-0.25, -0.2) is 4.39 Å². The Balaban J connectivity index is 0.00000196. The number of hydrogen-bond acceptors (Lipinski definition) is 4. The van der Waals surface area contributed by atoms with E-state index in [4.69, 9.17) is 4.52 Å². The molecule has 0 saturated carbocycles. The van der Waals surface area contributed by atoms with Crippen LogP contribution in [-0.4, -0.2) is 23.2 Å². The van der Waals surface area contributed by atoms with Gasteiger partial charge >= 0.3 is 0 Å². The van der Waals surface area contributed by atoms with E-state index in [1.807, 2.05) is 14.0 Å². The minimum atomic E-state index is -1.56. The Labute approximate surface area is 95.0 Å². The predicted octanol–water partition coefficient (Wildman–Crippen LogP) is 1.85. The molecule has 1 unspecified atom stereocenters. The van der Waals surface area contributed by atoms with Crippen LogP contribution >= 0.6 is 12.4 Å². The highest BCUT2D eigenvalue weighted by atomic mass is 35.5. The average Bonchev–Trinajstić information content (AvgIpc) is 2.51. The van der Waals surface area contributed by atoms with Gasteiger partial charge in [0.05, 0.1) is 0 Å². The van der Waals surface area contributed by atoms with Crippen LogP contribution in [0.1, 0.15) is 32.5 Å². The van der Waals surface area contributed by atoms with Crippen molar-refractivity contribution in [1.82, 2.24) is 15.5 Å². The molecule has 1 aromatic rings. The van der Waals surface area contributed by atoms with Crippen LogP contribution in [0.3, 0.4) is 0 Å². The van der Waals surface area contributed by atoms with Gasteiger partial charge in [0.1, 0.15) is 0 Å². The summed E-state index contributed by atoms with van der Waals surface area (Å²) >= 11 is 0. The maximum Gasteiger partial charge on any atom is 0.263 e. The van der Waals surface area contributed by atoms with Crippen LogP contribution in [0.4, 0.5) is 4.39 Å². The van der Waals surface area contributed by atoms with E-state index in [-0.39, 0.29) is 24.3 Å². The molecule has 0 aliphatic heterocycles. The van der Waals surface area contributed by atoms with Gasteiger partial charge in [-0.3, -0.25) is 0 Å². The van der Waals surface area contributed by atoms with Gasteiger partial charge in [0.2, 0.25) is 0 Å². The molecule has 88 valence electrons. The Morgan fingerprint density at radius 3 is 2.53 bits per heavy atom. The lowest BCUT2D eigenvalue weighted by atomic mass is 10.2. The molecule has 0 aliphatic rings. The van der Waals surface area contributed by atoms with E-state index in [1.165, 1.54) is 13.8 Å². The number of alkyl halides is 1. The molecule has 6 heteroatoms. The second-order valence-corrected chi connectivity index (χ2v) is 3.88. The van der Waals surface area contributed by atoms with Gasteiger partial charge in [-0.15, -0.1) is 12.4 Å². The number of aromatic nitrogens is 2. The number of halogens is 2. The second kappa shape index (κ2) is 5.42. The van der Waals surface area contributed by atoms with Gasteiger partial charge in [0, 0.05) is 12.5 Å². The molecule has 0 bridgehead atoms. The number of nitrogens with one attached hydrogen (secondary N) is 1. The number of hydrogen-bond donors (Lipinski definition) is 1. The molecule has 0 radical (unpaired) electrons. The van der Waals surface area contributed by atoms with Crippen molar-refractivity contribution in [1.29, 1.82) is 0 Å². The van der Waals surface area contributed by atoms with E-state index >= 15 is 0 Å². The van der Waals surface area contributed by atoms with E-state index in [0.717, 1.165) is 0 Å². The van der Waals surface area contributed by atoms with Crippen molar-refractivity contribution in [2.45, 2.75) is 38.9 Å². The highest BCUT2D eigenvalue weighted by Gasteiger charge is 2.26. The quantitative estimate of drug-likeness (QED) is 0.868. The van der Waals surface area contributed by atoms with Crippen molar-refractivity contribution in [3.63, 3.8) is 0 Å². The first kappa shape index (κ1) is 14.3. The smallest absolute Gasteiger partial charge is 0.263 e. The van der Waals surface area contributed by atoms with E-state index in [1.54, 1.807) is 0 Å². The SMILES string of the molecule is CNC(C)Cc1noc(C(C)(C)F)n1.Cl. The molecular weight excluding hydrogens is 221 g/mol. The fraction of sp³-hybridized carbons (Fsp3) is 0.778. The molecule has 4 nitrogen and oxygen atoms in total. The third kappa shape index (κ3) is 4.13. The third-order valence-electron chi connectivity index (χ3n) is 1.96. The average molecular weight is 238 g/mol. The molecule has 1 heterocycles. The summed E-state index contributed by atoms with van der Waals surface area (Å²) in [5, 5.41) is 6.75. The van der Waals surface area contributed by atoms with Crippen molar-refractivity contribution < 1.29 is 8.91 Å². The van der Waals surface area contributed by atoms with Gasteiger partial charge in [-0.2, -0.15) is 4.98 Å². The molecule has 0 spiro atoms. The topological polar surface area (TPSA) is 51.0 Å². The van der Waals surface area contributed by atoms with Gasteiger partial charge in [-0.05, 0) is 27.8 Å². The summed E-state index contributed by atoms with van der Waals surface area (Å²) in [6.07, 6.45) is 0.635. The van der Waals surface area contributed by atoms with Gasteiger partial charge in [-0.1, -0.05) is 5.16 Å². The molecule has 1 N–H and O–H groups in total. The summed E-state index contributed by atoms with van der Waals surface area (Å²) in [4.78, 5) is 3.98. The Morgan fingerprint density at radius 1 is 1.53 bits per heavy atom. The Morgan fingerprint density at radius 2 is 2.13 bits per heavy atom. The molecule has 15 heavy (non-hydrogen) atoms. The molecule has 0 saturated heterocycles. The molecular formula is C9H17ClFN3O. The minimum absolute atomic E-state index is 0. The molecule has 1 aromatic heterocycles. The molecule has 0 fully saturated rings. The summed E-state index contributed by atoms with van der Waals surface area (Å²) in [6, 6.07) is 0.253. The first-order chi connectivity index (χ1) is 6.43. The van der Waals surface area contributed by atoms with Crippen LogP contribution < -0.4 is 5.32 Å². The van der Waals surface area contributed by atoms with Crippen LogP contribution in [0, 0.1) is 0 Å². The molecule has 0 amide bonds. The largest absolute Gasteiger partial charge is 0.336 e. The number of rotatable bonds is 4. The second-order valence-electron chi connectivity index (χ2n) is 3.88. The fourth-order valence-corrected chi connectivity index (χ4v) is 0.954. The fourth-order valence-electron chi connectivity index (χ4n) is 0.954. The minimum Gasteiger partial charge on any atom is -0.336 e. The Hall–Kier alpha value is -0.680. The van der Waals surface area contributed by atoms with Crippen molar-refractivity contribution >= 4 is 12.4 Å². The standard InChI is InChI=1S/C9H16FN3O.ClH/c1-6(11-4)5-7-12-8(14-13-7)9(2,3)10;/h6,11H,5H2,1-4H3;1H. The van der Waals surface area contributed by atoms with Crippen LogP contribution in [0.5, 0.6) is 0 Å². The van der Waals surface area contributed by atoms with Gasteiger partial charge in [0.15, 0.2) is 11.5 Å². The van der Waals surface area contributed by atoms with Crippen molar-refractivity contribution in [2.24, 2.45) is 0 Å². The van der Waals surface area contributed by atoms with E-state index in [9.17, 15) is 4.39 Å². The number of nitrogens with zero attached hydrogens (tertiary/aromatic N) is 2. The van der Waals surface area contributed by atoms with E-state index < -0.39 is 5.67 Å². The molecule has 1 rings (SSSR count). The summed E-state index contributed by atoms with van der Waals surface area (Å²) in [5.41, 5.74) is -1.56. The lowest BCUT2D eigenvalue weighted by Gasteiger charge is -2.06. The lowest BCUT2D eigenvalue weighted by Crippen LogP contribution is -2.24. The van der Waals surface area contributed by atoms with Crippen molar-refractivity contribution in [3.8, 4) is 0 Å². The van der Waals surface area contributed by atoms with Crippen molar-refractivity contribution in [3.05, 3.63) is 11.7 Å². The van der Waals surface area contributed by atoms with Crippen LogP contribution in [-0.2, 0) is 12.1 Å². The third-order valence-corrected chi connectivity index (χ3v) is 1.96. The summed E-state index contributed by atoms with van der Waals surface area (Å²) in [6.45, 7) is 4.79. The highest BCUT2D eigenvalue weighted by Crippen LogP contribution is 2.22. The van der Waals surface area contributed by atoms with Crippen LogP contribution in [0.2, 0.25) is 0 Å². The zero-order valence-electron chi connectivity index (χ0n) is 9.37. The first-order valence-electron chi connectivity index (χ1n) is 4.62.